The molecule has 0 saturated heterocycles. The number of rotatable bonds is 7. The standard InChI is InChI=1S/C16H22FNOS/c17-14-4-1-3-13-15(7-10-20-16(13)14)18-8-2-9-19-11-12-5-6-12/h1,3-4,12,15,18H,2,5-11H2. The molecule has 1 unspecified atom stereocenters. The Morgan fingerprint density at radius 1 is 1.30 bits per heavy atom. The molecule has 2 nitrogen and oxygen atoms in total. The third kappa shape index (κ3) is 3.74. The molecule has 110 valence electrons. The summed E-state index contributed by atoms with van der Waals surface area (Å²) in [4.78, 5) is 0.834. The molecular weight excluding hydrogens is 273 g/mol. The first-order valence-electron chi connectivity index (χ1n) is 7.57. The summed E-state index contributed by atoms with van der Waals surface area (Å²) in [5, 5.41) is 3.55. The van der Waals surface area contributed by atoms with Crippen LogP contribution < -0.4 is 5.32 Å². The van der Waals surface area contributed by atoms with Gasteiger partial charge in [-0.2, -0.15) is 0 Å². The molecule has 0 spiro atoms. The van der Waals surface area contributed by atoms with E-state index in [2.05, 4.69) is 5.32 Å². The molecule has 1 aromatic carbocycles. The summed E-state index contributed by atoms with van der Waals surface area (Å²) in [5.74, 6) is 1.75. The summed E-state index contributed by atoms with van der Waals surface area (Å²) in [6.07, 6.45) is 4.80. The van der Waals surface area contributed by atoms with Crippen LogP contribution in [0.25, 0.3) is 0 Å². The molecule has 3 rings (SSSR count). The Hall–Kier alpha value is -0.580. The van der Waals surface area contributed by atoms with Crippen molar-refractivity contribution >= 4 is 11.8 Å². The van der Waals surface area contributed by atoms with Crippen molar-refractivity contribution in [2.24, 2.45) is 5.92 Å². The third-order valence-electron chi connectivity index (χ3n) is 3.93. The topological polar surface area (TPSA) is 21.3 Å². The van der Waals surface area contributed by atoms with Crippen molar-refractivity contribution in [2.45, 2.75) is 36.6 Å². The Balaban J connectivity index is 1.43. The van der Waals surface area contributed by atoms with E-state index < -0.39 is 0 Å². The third-order valence-corrected chi connectivity index (χ3v) is 5.09. The van der Waals surface area contributed by atoms with Gasteiger partial charge in [-0.15, -0.1) is 11.8 Å². The summed E-state index contributed by atoms with van der Waals surface area (Å²) in [7, 11) is 0. The second-order valence-corrected chi connectivity index (χ2v) is 6.78. The monoisotopic (exact) mass is 295 g/mol. The van der Waals surface area contributed by atoms with Gasteiger partial charge in [0.25, 0.3) is 0 Å². The number of nitrogens with one attached hydrogen (secondary N) is 1. The quantitative estimate of drug-likeness (QED) is 0.774. The van der Waals surface area contributed by atoms with Gasteiger partial charge >= 0.3 is 0 Å². The first kappa shape index (κ1) is 14.4. The SMILES string of the molecule is Fc1cccc2c1SCCC2NCCCOCC1CC1. The van der Waals surface area contributed by atoms with E-state index >= 15 is 0 Å². The first-order valence-corrected chi connectivity index (χ1v) is 8.55. The fraction of sp³-hybridized carbons (Fsp3) is 0.625. The van der Waals surface area contributed by atoms with E-state index in [1.165, 1.54) is 12.8 Å². The van der Waals surface area contributed by atoms with Crippen molar-refractivity contribution in [2.75, 3.05) is 25.5 Å². The van der Waals surface area contributed by atoms with Crippen molar-refractivity contribution in [3.63, 3.8) is 0 Å². The molecule has 1 saturated carbocycles. The Morgan fingerprint density at radius 2 is 2.20 bits per heavy atom. The summed E-state index contributed by atoms with van der Waals surface area (Å²) in [5.41, 5.74) is 1.13. The Kier molecular flexibility index (Phi) is 4.97. The van der Waals surface area contributed by atoms with E-state index in [0.717, 1.165) is 54.7 Å². The number of hydrogen-bond donors (Lipinski definition) is 1. The lowest BCUT2D eigenvalue weighted by atomic mass is 10.0. The predicted molar refractivity (Wildman–Crippen MR) is 80.6 cm³/mol. The zero-order chi connectivity index (χ0) is 13.8. The van der Waals surface area contributed by atoms with Gasteiger partial charge in [0.05, 0.1) is 0 Å². The minimum atomic E-state index is -0.0771. The zero-order valence-electron chi connectivity index (χ0n) is 11.7. The molecule has 0 amide bonds. The number of hydrogen-bond acceptors (Lipinski definition) is 3. The van der Waals surface area contributed by atoms with Crippen LogP contribution in [0.4, 0.5) is 4.39 Å². The van der Waals surface area contributed by atoms with Crippen LogP contribution in [0.15, 0.2) is 23.1 Å². The average Bonchev–Trinajstić information content (AvgIpc) is 3.28. The highest BCUT2D eigenvalue weighted by Crippen LogP contribution is 2.37. The number of halogens is 1. The molecular formula is C16H22FNOS. The fourth-order valence-corrected chi connectivity index (χ4v) is 3.72. The molecule has 4 heteroatoms. The number of thioether (sulfide) groups is 1. The van der Waals surface area contributed by atoms with Gasteiger partial charge < -0.3 is 10.1 Å². The van der Waals surface area contributed by atoms with Crippen LogP contribution in [0.2, 0.25) is 0 Å². The van der Waals surface area contributed by atoms with Gasteiger partial charge in [-0.3, -0.25) is 0 Å². The van der Waals surface area contributed by atoms with Crippen LogP contribution in [0.3, 0.4) is 0 Å². The summed E-state index contributed by atoms with van der Waals surface area (Å²) in [6, 6.07) is 5.71. The predicted octanol–water partition coefficient (Wildman–Crippen LogP) is 3.77. The van der Waals surface area contributed by atoms with Crippen LogP contribution in [0.5, 0.6) is 0 Å². The van der Waals surface area contributed by atoms with Crippen molar-refractivity contribution in [1.29, 1.82) is 0 Å². The Bertz CT molecular complexity index is 450. The van der Waals surface area contributed by atoms with Gasteiger partial charge in [-0.05, 0) is 55.5 Å². The van der Waals surface area contributed by atoms with E-state index in [0.29, 0.717) is 6.04 Å². The van der Waals surface area contributed by atoms with E-state index in [1.807, 2.05) is 12.1 Å². The zero-order valence-corrected chi connectivity index (χ0v) is 12.6. The Labute approximate surface area is 124 Å². The van der Waals surface area contributed by atoms with Crippen molar-refractivity contribution in [3.8, 4) is 0 Å². The summed E-state index contributed by atoms with van der Waals surface area (Å²) >= 11 is 1.64. The largest absolute Gasteiger partial charge is 0.381 e. The van der Waals surface area contributed by atoms with Crippen LogP contribution >= 0.6 is 11.8 Å². The fourth-order valence-electron chi connectivity index (χ4n) is 2.58. The van der Waals surface area contributed by atoms with E-state index in [9.17, 15) is 4.39 Å². The summed E-state index contributed by atoms with van der Waals surface area (Å²) in [6.45, 7) is 2.71. The number of fused-ring (bicyclic) bond motifs is 1. The van der Waals surface area contributed by atoms with Gasteiger partial charge in [-0.1, -0.05) is 12.1 Å². The molecule has 20 heavy (non-hydrogen) atoms. The van der Waals surface area contributed by atoms with Crippen LogP contribution in [-0.4, -0.2) is 25.5 Å². The smallest absolute Gasteiger partial charge is 0.137 e. The molecule has 1 fully saturated rings. The number of benzene rings is 1. The first-order chi connectivity index (χ1) is 9.84. The van der Waals surface area contributed by atoms with Crippen molar-refractivity contribution in [1.82, 2.24) is 5.32 Å². The van der Waals surface area contributed by atoms with Crippen molar-refractivity contribution in [3.05, 3.63) is 29.6 Å². The van der Waals surface area contributed by atoms with Crippen LogP contribution in [-0.2, 0) is 4.74 Å². The second-order valence-electron chi connectivity index (χ2n) is 5.67. The van der Waals surface area contributed by atoms with Crippen LogP contribution in [0.1, 0.15) is 37.3 Å². The maximum atomic E-state index is 13.7. The number of ether oxygens (including phenoxy) is 1. The van der Waals surface area contributed by atoms with Crippen molar-refractivity contribution < 1.29 is 9.13 Å². The maximum Gasteiger partial charge on any atom is 0.137 e. The van der Waals surface area contributed by atoms with Gasteiger partial charge in [0.2, 0.25) is 0 Å². The maximum absolute atomic E-state index is 13.7. The minimum absolute atomic E-state index is 0.0771. The molecule has 1 aliphatic carbocycles. The molecule has 1 aromatic rings. The molecule has 0 aromatic heterocycles. The highest BCUT2D eigenvalue weighted by atomic mass is 32.2. The molecule has 1 aliphatic heterocycles. The van der Waals surface area contributed by atoms with Gasteiger partial charge in [-0.25, -0.2) is 4.39 Å². The molecule has 2 aliphatic rings. The van der Waals surface area contributed by atoms with Gasteiger partial charge in [0, 0.05) is 24.2 Å². The molecule has 1 atom stereocenters. The summed E-state index contributed by atoms with van der Waals surface area (Å²) < 4.78 is 19.4. The van der Waals surface area contributed by atoms with E-state index in [-0.39, 0.29) is 5.82 Å². The molecule has 1 N–H and O–H groups in total. The Morgan fingerprint density at radius 3 is 3.05 bits per heavy atom. The highest BCUT2D eigenvalue weighted by Gasteiger charge is 2.23. The highest BCUT2D eigenvalue weighted by molar-refractivity contribution is 7.99. The molecule has 1 heterocycles. The lowest BCUT2D eigenvalue weighted by Crippen LogP contribution is -2.26. The molecule has 0 bridgehead atoms. The molecule has 0 radical (unpaired) electrons. The van der Waals surface area contributed by atoms with E-state index in [1.54, 1.807) is 17.8 Å². The lowest BCUT2D eigenvalue weighted by Gasteiger charge is -2.26. The minimum Gasteiger partial charge on any atom is -0.381 e. The van der Waals surface area contributed by atoms with Crippen LogP contribution in [0, 0.1) is 11.7 Å². The average molecular weight is 295 g/mol. The normalized spacial score (nSPS) is 21.8. The van der Waals surface area contributed by atoms with Gasteiger partial charge in [0.1, 0.15) is 5.82 Å². The van der Waals surface area contributed by atoms with Gasteiger partial charge in [0.15, 0.2) is 0 Å². The van der Waals surface area contributed by atoms with E-state index in [4.69, 9.17) is 4.74 Å². The lowest BCUT2D eigenvalue weighted by molar-refractivity contribution is 0.121. The second kappa shape index (κ2) is 6.92.